The third-order valence-electron chi connectivity index (χ3n) is 2.92. The summed E-state index contributed by atoms with van der Waals surface area (Å²) < 4.78 is 0. The van der Waals surface area contributed by atoms with Crippen LogP contribution in [0.4, 0.5) is 5.82 Å². The van der Waals surface area contributed by atoms with Crippen LogP contribution in [0.1, 0.15) is 27.4 Å². The van der Waals surface area contributed by atoms with Crippen molar-refractivity contribution in [2.75, 3.05) is 19.0 Å². The lowest BCUT2D eigenvalue weighted by Gasteiger charge is -2.13. The Balaban J connectivity index is 2.35. The van der Waals surface area contributed by atoms with Gasteiger partial charge in [-0.2, -0.15) is 0 Å². The van der Waals surface area contributed by atoms with E-state index in [1.807, 2.05) is 45.3 Å². The molecular formula is C15H17N3O2. The zero-order valence-corrected chi connectivity index (χ0v) is 11.8. The minimum absolute atomic E-state index is 0.0193. The fraction of sp³-hybridized carbons (Fsp3) is 0.267. The van der Waals surface area contributed by atoms with Crippen molar-refractivity contribution in [3.05, 3.63) is 53.0 Å². The highest BCUT2D eigenvalue weighted by molar-refractivity contribution is 5.86. The Labute approximate surface area is 117 Å². The number of hydrogen-bond donors (Lipinski definition) is 1. The van der Waals surface area contributed by atoms with Gasteiger partial charge in [-0.15, -0.1) is 0 Å². The molecule has 5 heteroatoms. The molecule has 2 rings (SSSR count). The van der Waals surface area contributed by atoms with E-state index in [0.29, 0.717) is 18.1 Å². The Bertz CT molecular complexity index is 622. The molecule has 0 fully saturated rings. The van der Waals surface area contributed by atoms with Crippen molar-refractivity contribution in [1.82, 2.24) is 9.97 Å². The van der Waals surface area contributed by atoms with Crippen LogP contribution in [0.25, 0.3) is 0 Å². The first-order valence-electron chi connectivity index (χ1n) is 6.30. The summed E-state index contributed by atoms with van der Waals surface area (Å²) in [6.45, 7) is 2.02. The highest BCUT2D eigenvalue weighted by Gasteiger charge is 2.11. The molecule has 0 amide bonds. The van der Waals surface area contributed by atoms with E-state index in [9.17, 15) is 4.79 Å². The Morgan fingerprint density at radius 3 is 2.40 bits per heavy atom. The van der Waals surface area contributed by atoms with E-state index in [2.05, 4.69) is 9.97 Å². The lowest BCUT2D eigenvalue weighted by atomic mass is 10.1. The van der Waals surface area contributed by atoms with Crippen LogP contribution in [0.3, 0.4) is 0 Å². The number of aryl methyl sites for hydroxylation is 1. The molecule has 0 saturated heterocycles. The van der Waals surface area contributed by atoms with Crippen molar-refractivity contribution in [3.8, 4) is 0 Å². The summed E-state index contributed by atoms with van der Waals surface area (Å²) in [5.41, 5.74) is 2.26. The van der Waals surface area contributed by atoms with Gasteiger partial charge in [0, 0.05) is 26.6 Å². The van der Waals surface area contributed by atoms with Crippen LogP contribution in [0.2, 0.25) is 0 Å². The van der Waals surface area contributed by atoms with Crippen molar-refractivity contribution in [2.45, 2.75) is 13.3 Å². The molecule has 1 heterocycles. The van der Waals surface area contributed by atoms with Crippen LogP contribution in [-0.4, -0.2) is 35.1 Å². The van der Waals surface area contributed by atoms with Crippen LogP contribution in [0.15, 0.2) is 30.3 Å². The molecule has 1 aromatic heterocycles. The summed E-state index contributed by atoms with van der Waals surface area (Å²) in [5.74, 6) is 0.0672. The average molecular weight is 271 g/mol. The second-order valence-electron chi connectivity index (χ2n) is 4.89. The van der Waals surface area contributed by atoms with E-state index in [1.54, 1.807) is 4.90 Å². The maximum atomic E-state index is 11.1. The first kappa shape index (κ1) is 14.0. The summed E-state index contributed by atoms with van der Waals surface area (Å²) in [6.07, 6.45) is 0.516. The molecule has 0 unspecified atom stereocenters. The molecule has 104 valence electrons. The molecule has 0 spiro atoms. The van der Waals surface area contributed by atoms with Crippen LogP contribution in [-0.2, 0) is 6.42 Å². The van der Waals surface area contributed by atoms with Gasteiger partial charge in [-0.25, -0.2) is 14.8 Å². The van der Waals surface area contributed by atoms with Crippen molar-refractivity contribution in [1.29, 1.82) is 0 Å². The van der Waals surface area contributed by atoms with E-state index in [-0.39, 0.29) is 5.69 Å². The first-order chi connectivity index (χ1) is 9.45. The Morgan fingerprint density at radius 2 is 1.85 bits per heavy atom. The van der Waals surface area contributed by atoms with Gasteiger partial charge in [0.25, 0.3) is 0 Å². The highest BCUT2D eigenvalue weighted by atomic mass is 16.4. The zero-order valence-electron chi connectivity index (χ0n) is 11.8. The minimum atomic E-state index is -1.04. The van der Waals surface area contributed by atoms with Gasteiger partial charge >= 0.3 is 5.97 Å². The maximum absolute atomic E-state index is 11.1. The molecular weight excluding hydrogens is 254 g/mol. The molecule has 0 atom stereocenters. The normalized spacial score (nSPS) is 10.3. The number of rotatable bonds is 4. The number of anilines is 1. The third kappa shape index (κ3) is 3.32. The molecule has 1 N–H and O–H groups in total. The topological polar surface area (TPSA) is 66.3 Å². The summed E-state index contributed by atoms with van der Waals surface area (Å²) in [7, 11) is 3.65. The van der Waals surface area contributed by atoms with Gasteiger partial charge < -0.3 is 10.0 Å². The second kappa shape index (κ2) is 5.69. The number of aromatic carboxylic acids is 1. The van der Waals surface area contributed by atoms with E-state index >= 15 is 0 Å². The van der Waals surface area contributed by atoms with Crippen molar-refractivity contribution < 1.29 is 9.90 Å². The quantitative estimate of drug-likeness (QED) is 0.922. The predicted molar refractivity (Wildman–Crippen MR) is 77.3 cm³/mol. The van der Waals surface area contributed by atoms with Gasteiger partial charge in [0.15, 0.2) is 5.69 Å². The fourth-order valence-corrected chi connectivity index (χ4v) is 1.79. The molecule has 0 aliphatic carbocycles. The molecule has 0 saturated carbocycles. The Kier molecular flexibility index (Phi) is 3.98. The number of aromatic nitrogens is 2. The van der Waals surface area contributed by atoms with E-state index in [4.69, 9.17) is 5.11 Å². The molecule has 0 aliphatic heterocycles. The fourth-order valence-electron chi connectivity index (χ4n) is 1.79. The van der Waals surface area contributed by atoms with E-state index in [1.165, 1.54) is 11.6 Å². The SMILES string of the molecule is Cc1ccc(Cc2nc(C(=O)O)cc(N(C)C)n2)cc1. The van der Waals surface area contributed by atoms with E-state index < -0.39 is 5.97 Å². The predicted octanol–water partition coefficient (Wildman–Crippen LogP) is 2.14. The van der Waals surface area contributed by atoms with Crippen molar-refractivity contribution in [2.24, 2.45) is 0 Å². The Hall–Kier alpha value is -2.43. The number of carboxylic acid groups (broad SMARTS) is 1. The highest BCUT2D eigenvalue weighted by Crippen LogP contribution is 2.13. The number of hydrogen-bond acceptors (Lipinski definition) is 4. The van der Waals surface area contributed by atoms with Crippen LogP contribution >= 0.6 is 0 Å². The molecule has 0 radical (unpaired) electrons. The Morgan fingerprint density at radius 1 is 1.20 bits per heavy atom. The second-order valence-corrected chi connectivity index (χ2v) is 4.89. The van der Waals surface area contributed by atoms with Crippen LogP contribution < -0.4 is 4.90 Å². The summed E-state index contributed by atoms with van der Waals surface area (Å²) in [6, 6.07) is 9.51. The smallest absolute Gasteiger partial charge is 0.354 e. The van der Waals surface area contributed by atoms with Crippen molar-refractivity contribution >= 4 is 11.8 Å². The lowest BCUT2D eigenvalue weighted by Crippen LogP contribution is -2.15. The van der Waals surface area contributed by atoms with Gasteiger partial charge in [-0.3, -0.25) is 0 Å². The lowest BCUT2D eigenvalue weighted by molar-refractivity contribution is 0.0690. The maximum Gasteiger partial charge on any atom is 0.354 e. The number of benzene rings is 1. The van der Waals surface area contributed by atoms with Crippen LogP contribution in [0.5, 0.6) is 0 Å². The monoisotopic (exact) mass is 271 g/mol. The molecule has 20 heavy (non-hydrogen) atoms. The average Bonchev–Trinajstić information content (AvgIpc) is 2.41. The molecule has 5 nitrogen and oxygen atoms in total. The standard InChI is InChI=1S/C15H17N3O2/c1-10-4-6-11(7-5-10)8-13-16-12(15(19)20)9-14(17-13)18(2)3/h4-7,9H,8H2,1-3H3,(H,19,20). The zero-order chi connectivity index (χ0) is 14.7. The first-order valence-corrected chi connectivity index (χ1v) is 6.30. The molecule has 2 aromatic rings. The van der Waals surface area contributed by atoms with Gasteiger partial charge in [0.2, 0.25) is 0 Å². The minimum Gasteiger partial charge on any atom is -0.477 e. The molecule has 1 aromatic carbocycles. The third-order valence-corrected chi connectivity index (χ3v) is 2.92. The summed E-state index contributed by atoms with van der Waals surface area (Å²) in [5, 5.41) is 9.11. The van der Waals surface area contributed by atoms with Gasteiger partial charge in [0.05, 0.1) is 0 Å². The van der Waals surface area contributed by atoms with Crippen molar-refractivity contribution in [3.63, 3.8) is 0 Å². The number of carboxylic acids is 1. The van der Waals surface area contributed by atoms with E-state index in [0.717, 1.165) is 5.56 Å². The van der Waals surface area contributed by atoms with Crippen LogP contribution in [0, 0.1) is 6.92 Å². The molecule has 0 bridgehead atoms. The number of carbonyl (C=O) groups is 1. The summed E-state index contributed by atoms with van der Waals surface area (Å²) >= 11 is 0. The summed E-state index contributed by atoms with van der Waals surface area (Å²) in [4.78, 5) is 21.4. The molecule has 0 aliphatic rings. The van der Waals surface area contributed by atoms with Gasteiger partial charge in [0.1, 0.15) is 11.6 Å². The largest absolute Gasteiger partial charge is 0.477 e. The van der Waals surface area contributed by atoms with Gasteiger partial charge in [-0.05, 0) is 12.5 Å². The van der Waals surface area contributed by atoms with Gasteiger partial charge in [-0.1, -0.05) is 29.8 Å². The number of nitrogens with zero attached hydrogens (tertiary/aromatic N) is 3.